The Balaban J connectivity index is 1.33. The van der Waals surface area contributed by atoms with E-state index >= 15 is 0 Å². The highest BCUT2D eigenvalue weighted by molar-refractivity contribution is 7.95. The van der Waals surface area contributed by atoms with E-state index in [9.17, 15) is 4.79 Å². The summed E-state index contributed by atoms with van der Waals surface area (Å²) >= 11 is 1.31. The van der Waals surface area contributed by atoms with E-state index in [-0.39, 0.29) is 5.56 Å². The zero-order chi connectivity index (χ0) is 20.1. The Morgan fingerprint density at radius 2 is 1.97 bits per heavy atom. The zero-order valence-corrected chi connectivity index (χ0v) is 17.3. The molecule has 1 saturated heterocycles. The van der Waals surface area contributed by atoms with Gasteiger partial charge in [0, 0.05) is 31.2 Å². The highest BCUT2D eigenvalue weighted by atomic mass is 32.2. The fourth-order valence-electron chi connectivity index (χ4n) is 3.45. The Kier molecular flexibility index (Phi) is 6.54. The molecule has 0 saturated carbocycles. The van der Waals surface area contributed by atoms with Crippen LogP contribution in [0.1, 0.15) is 18.4 Å². The van der Waals surface area contributed by atoms with Crippen LogP contribution in [0.5, 0.6) is 5.75 Å². The molecule has 0 radical (unpaired) electrons. The lowest BCUT2D eigenvalue weighted by Gasteiger charge is -2.21. The lowest BCUT2D eigenvalue weighted by atomic mass is 10.0. The highest BCUT2D eigenvalue weighted by Crippen LogP contribution is 2.27. The van der Waals surface area contributed by atoms with Crippen LogP contribution in [-0.2, 0) is 23.1 Å². The van der Waals surface area contributed by atoms with E-state index in [1.165, 1.54) is 12.0 Å². The van der Waals surface area contributed by atoms with E-state index in [0.29, 0.717) is 12.5 Å². The smallest absolute Gasteiger partial charge is 0.250 e. The molecule has 4 rings (SSSR count). The molecule has 0 amide bonds. The van der Waals surface area contributed by atoms with Gasteiger partial charge in [-0.15, -0.1) is 0 Å². The molecule has 0 atom stereocenters. The van der Waals surface area contributed by atoms with Gasteiger partial charge >= 0.3 is 0 Å². The van der Waals surface area contributed by atoms with Gasteiger partial charge in [-0.3, -0.25) is 4.79 Å². The van der Waals surface area contributed by atoms with E-state index in [4.69, 9.17) is 13.7 Å². The molecule has 5 nitrogen and oxygen atoms in total. The van der Waals surface area contributed by atoms with Gasteiger partial charge in [0.05, 0.1) is 30.8 Å². The van der Waals surface area contributed by atoms with E-state index in [2.05, 4.69) is 6.07 Å². The summed E-state index contributed by atoms with van der Waals surface area (Å²) in [5.74, 6) is 1.40. The van der Waals surface area contributed by atoms with Crippen molar-refractivity contribution < 1.29 is 13.7 Å². The number of nitrogens with zero attached hydrogens (tertiary/aromatic N) is 1. The van der Waals surface area contributed by atoms with Crippen molar-refractivity contribution in [3.8, 4) is 5.75 Å². The number of benzene rings is 2. The monoisotopic (exact) mass is 411 g/mol. The van der Waals surface area contributed by atoms with Crippen LogP contribution in [0.2, 0.25) is 0 Å². The molecule has 152 valence electrons. The Morgan fingerprint density at radius 1 is 1.10 bits per heavy atom. The summed E-state index contributed by atoms with van der Waals surface area (Å²) in [5, 5.41) is 1.01. The summed E-state index contributed by atoms with van der Waals surface area (Å²) in [6.07, 6.45) is 2.17. The van der Waals surface area contributed by atoms with E-state index < -0.39 is 0 Å². The van der Waals surface area contributed by atoms with E-state index in [0.717, 1.165) is 59.8 Å². The maximum absolute atomic E-state index is 11.7. The maximum Gasteiger partial charge on any atom is 0.250 e. The minimum absolute atomic E-state index is 0.00925. The summed E-state index contributed by atoms with van der Waals surface area (Å²) in [6.45, 7) is 3.06. The first-order valence-corrected chi connectivity index (χ1v) is 10.6. The lowest BCUT2D eigenvalue weighted by molar-refractivity contribution is 0.0157. The predicted molar refractivity (Wildman–Crippen MR) is 115 cm³/mol. The summed E-state index contributed by atoms with van der Waals surface area (Å²) in [7, 11) is 1.78. The molecule has 1 aliphatic heterocycles. The van der Waals surface area contributed by atoms with Crippen molar-refractivity contribution in [2.24, 2.45) is 13.0 Å². The highest BCUT2D eigenvalue weighted by Gasteiger charge is 2.13. The number of aryl methyl sites for hydroxylation is 1. The Bertz CT molecular complexity index is 1030. The van der Waals surface area contributed by atoms with Gasteiger partial charge in [-0.05, 0) is 66.1 Å². The zero-order valence-electron chi connectivity index (χ0n) is 16.5. The summed E-state index contributed by atoms with van der Waals surface area (Å²) in [4.78, 5) is 12.7. The van der Waals surface area contributed by atoms with E-state index in [1.807, 2.05) is 42.5 Å². The molecule has 2 heterocycles. The Morgan fingerprint density at radius 3 is 2.83 bits per heavy atom. The first kappa shape index (κ1) is 20.0. The molecule has 0 bridgehead atoms. The van der Waals surface area contributed by atoms with Crippen molar-refractivity contribution in [3.05, 3.63) is 70.5 Å². The van der Waals surface area contributed by atoms with Crippen LogP contribution in [0, 0.1) is 5.92 Å². The minimum atomic E-state index is -0.00925. The molecule has 1 aliphatic rings. The van der Waals surface area contributed by atoms with Crippen molar-refractivity contribution in [1.29, 1.82) is 0 Å². The van der Waals surface area contributed by atoms with Gasteiger partial charge in [0.2, 0.25) is 0 Å². The molecule has 0 aliphatic carbocycles. The molecule has 29 heavy (non-hydrogen) atoms. The standard InChI is InChI=1S/C23H25NO4S/c1-24-22-7-6-21(14-19(22)5-8-23(24)25)29-28-20-4-2-3-18(13-20)16-27-15-17-9-11-26-12-10-17/h2-8,13-14,17H,9-12,15-16H2,1H3. The van der Waals surface area contributed by atoms with Crippen molar-refractivity contribution in [2.45, 2.75) is 24.3 Å². The molecule has 1 aromatic heterocycles. The van der Waals surface area contributed by atoms with Gasteiger partial charge in [0.25, 0.3) is 5.56 Å². The first-order chi connectivity index (χ1) is 14.2. The lowest BCUT2D eigenvalue weighted by Crippen LogP contribution is -2.20. The molecule has 3 aromatic rings. The topological polar surface area (TPSA) is 49.7 Å². The average molecular weight is 412 g/mol. The van der Waals surface area contributed by atoms with E-state index in [1.54, 1.807) is 17.7 Å². The second-order valence-electron chi connectivity index (χ2n) is 7.34. The number of hydrogen-bond acceptors (Lipinski definition) is 5. The molecular weight excluding hydrogens is 386 g/mol. The van der Waals surface area contributed by atoms with Gasteiger partial charge < -0.3 is 18.2 Å². The second kappa shape index (κ2) is 9.48. The van der Waals surface area contributed by atoms with Crippen molar-refractivity contribution in [3.63, 3.8) is 0 Å². The van der Waals surface area contributed by atoms with Gasteiger partial charge in [-0.2, -0.15) is 0 Å². The molecule has 0 N–H and O–H groups in total. The number of rotatable bonds is 7. The van der Waals surface area contributed by atoms with Crippen LogP contribution in [-0.4, -0.2) is 24.4 Å². The summed E-state index contributed by atoms with van der Waals surface area (Å²) in [6, 6.07) is 17.4. The van der Waals surface area contributed by atoms with Crippen LogP contribution < -0.4 is 9.74 Å². The fraction of sp³-hybridized carbons (Fsp3) is 0.348. The quantitative estimate of drug-likeness (QED) is 0.533. The van der Waals surface area contributed by atoms with Crippen LogP contribution in [0.15, 0.2) is 64.3 Å². The normalized spacial score (nSPS) is 14.9. The third-order valence-electron chi connectivity index (χ3n) is 5.19. The maximum atomic E-state index is 11.7. The molecule has 6 heteroatoms. The van der Waals surface area contributed by atoms with Crippen LogP contribution >= 0.6 is 12.0 Å². The van der Waals surface area contributed by atoms with Gasteiger partial charge in [0.1, 0.15) is 5.75 Å². The third kappa shape index (κ3) is 5.21. The van der Waals surface area contributed by atoms with Crippen molar-refractivity contribution in [2.75, 3.05) is 19.8 Å². The SMILES string of the molecule is Cn1c(=O)ccc2cc(SOc3cccc(COCC4CCOCC4)c3)ccc21. The molecular formula is C23H25NO4S. The van der Waals surface area contributed by atoms with Gasteiger partial charge in [0.15, 0.2) is 0 Å². The molecule has 2 aromatic carbocycles. The van der Waals surface area contributed by atoms with Crippen LogP contribution in [0.25, 0.3) is 10.9 Å². The van der Waals surface area contributed by atoms with Crippen molar-refractivity contribution >= 4 is 22.9 Å². The number of ether oxygens (including phenoxy) is 2. The van der Waals surface area contributed by atoms with Crippen LogP contribution in [0.4, 0.5) is 0 Å². The molecule has 0 unspecified atom stereocenters. The Labute approximate surface area is 174 Å². The second-order valence-corrected chi connectivity index (χ2v) is 8.14. The van der Waals surface area contributed by atoms with Crippen LogP contribution in [0.3, 0.4) is 0 Å². The predicted octanol–water partition coefficient (Wildman–Crippen LogP) is 4.57. The number of fused-ring (bicyclic) bond motifs is 1. The summed E-state index contributed by atoms with van der Waals surface area (Å²) < 4.78 is 18.8. The minimum Gasteiger partial charge on any atom is -0.421 e. The average Bonchev–Trinajstić information content (AvgIpc) is 2.76. The number of hydrogen-bond donors (Lipinski definition) is 0. The van der Waals surface area contributed by atoms with Gasteiger partial charge in [-0.1, -0.05) is 12.1 Å². The third-order valence-corrected chi connectivity index (χ3v) is 5.91. The Hall–Kier alpha value is -2.28. The number of aromatic nitrogens is 1. The largest absolute Gasteiger partial charge is 0.421 e. The summed E-state index contributed by atoms with van der Waals surface area (Å²) in [5.41, 5.74) is 2.00. The van der Waals surface area contributed by atoms with Crippen molar-refractivity contribution in [1.82, 2.24) is 4.57 Å². The first-order valence-electron chi connectivity index (χ1n) is 9.88. The number of pyridine rings is 1. The fourth-order valence-corrected chi connectivity index (χ4v) is 4.05. The molecule has 1 fully saturated rings. The molecule has 0 spiro atoms. The van der Waals surface area contributed by atoms with Gasteiger partial charge in [-0.25, -0.2) is 0 Å².